The Morgan fingerprint density at radius 1 is 0.373 bits per heavy atom. The molecule has 0 N–H and O–H groups in total. The highest BCUT2D eigenvalue weighted by Gasteiger charge is 2.25. The van der Waals surface area contributed by atoms with Crippen LogP contribution in [0.4, 0.5) is 0 Å². The van der Waals surface area contributed by atoms with E-state index in [1.54, 1.807) is 12.4 Å². The first kappa shape index (κ1) is 34.1. The minimum Gasteiger partial charge on any atom is -0.455 e. The second-order valence-electron chi connectivity index (χ2n) is 14.4. The number of furan rings is 1. The van der Waals surface area contributed by atoms with Crippen molar-refractivity contribution >= 4 is 32.6 Å². The van der Waals surface area contributed by atoms with Gasteiger partial charge >= 0.3 is 0 Å². The Labute approximate surface area is 339 Å². The molecule has 276 valence electrons. The fourth-order valence-corrected chi connectivity index (χ4v) is 7.80. The molecule has 0 bridgehead atoms. The van der Waals surface area contributed by atoms with E-state index in [4.69, 9.17) is 24.4 Å². The van der Waals surface area contributed by atoms with Crippen LogP contribution in [0.2, 0.25) is 0 Å². The number of benzene rings is 6. The second-order valence-corrected chi connectivity index (χ2v) is 14.4. The van der Waals surface area contributed by atoms with Crippen LogP contribution in [0, 0.1) is 0 Å². The molecular formula is C52H32N6O. The fourth-order valence-electron chi connectivity index (χ4n) is 7.80. The molecule has 0 saturated carbocycles. The number of fused-ring (bicyclic) bond motifs is 4. The Balaban J connectivity index is 1.07. The van der Waals surface area contributed by atoms with Crippen molar-refractivity contribution in [2.75, 3.05) is 0 Å². The van der Waals surface area contributed by atoms with Crippen molar-refractivity contribution in [2.45, 2.75) is 0 Å². The van der Waals surface area contributed by atoms with Gasteiger partial charge in [-0.3, -0.25) is 9.97 Å². The van der Waals surface area contributed by atoms with Gasteiger partial charge < -0.3 is 4.42 Å². The van der Waals surface area contributed by atoms with E-state index in [-0.39, 0.29) is 0 Å². The average molecular weight is 757 g/mol. The highest BCUT2D eigenvalue weighted by Crippen LogP contribution is 2.47. The Kier molecular flexibility index (Phi) is 8.33. The van der Waals surface area contributed by atoms with Gasteiger partial charge in [0.15, 0.2) is 17.5 Å². The molecule has 0 aliphatic carbocycles. The Morgan fingerprint density at radius 3 is 1.56 bits per heavy atom. The molecule has 7 heteroatoms. The quantitative estimate of drug-likeness (QED) is 0.160. The molecule has 0 amide bonds. The lowest BCUT2D eigenvalue weighted by Crippen LogP contribution is -2.00. The molecule has 7 nitrogen and oxygen atoms in total. The van der Waals surface area contributed by atoms with E-state index in [2.05, 4.69) is 101 Å². The summed E-state index contributed by atoms with van der Waals surface area (Å²) in [6.07, 6.45) is 7.28. The topological polar surface area (TPSA) is 90.5 Å². The standard InChI is InChI=1S/C52H32N6O/c1-3-12-35(13-4-1)50-56-51(36-14-5-2-6-15-36)58-52(57-50)37-22-19-34(20-23-37)39-25-26-43-44(30-39)55-47(40-24-21-33-11-7-8-16-38(33)29-40)46-45(41-17-9-27-53-31-41)48(59-49(43)46)42-18-10-28-54-32-42/h1-32H. The largest absolute Gasteiger partial charge is 0.455 e. The Hall–Kier alpha value is -8.16. The highest BCUT2D eigenvalue weighted by atomic mass is 16.3. The number of nitrogens with zero attached hydrogens (tertiary/aromatic N) is 6. The van der Waals surface area contributed by atoms with Crippen molar-refractivity contribution in [3.8, 4) is 79.0 Å². The number of hydrogen-bond donors (Lipinski definition) is 0. The molecule has 0 radical (unpaired) electrons. The number of aromatic nitrogens is 6. The summed E-state index contributed by atoms with van der Waals surface area (Å²) in [6.45, 7) is 0. The number of pyridine rings is 3. The van der Waals surface area contributed by atoms with Crippen molar-refractivity contribution in [3.63, 3.8) is 0 Å². The minimum atomic E-state index is 0.610. The van der Waals surface area contributed by atoms with Crippen molar-refractivity contribution in [1.82, 2.24) is 29.9 Å². The minimum absolute atomic E-state index is 0.610. The molecule has 6 aromatic carbocycles. The first-order valence-electron chi connectivity index (χ1n) is 19.4. The van der Waals surface area contributed by atoms with Crippen molar-refractivity contribution in [2.24, 2.45) is 0 Å². The predicted octanol–water partition coefficient (Wildman–Crippen LogP) is 12.8. The summed E-state index contributed by atoms with van der Waals surface area (Å²) in [5.74, 6) is 2.59. The van der Waals surface area contributed by atoms with Crippen LogP contribution in [-0.2, 0) is 0 Å². The number of rotatable bonds is 7. The Bertz CT molecular complexity index is 3240. The van der Waals surface area contributed by atoms with Crippen LogP contribution < -0.4 is 0 Å². The van der Waals surface area contributed by atoms with Crippen LogP contribution in [0.3, 0.4) is 0 Å². The van der Waals surface area contributed by atoms with E-state index in [0.717, 1.165) is 88.8 Å². The zero-order valence-electron chi connectivity index (χ0n) is 31.6. The van der Waals surface area contributed by atoms with E-state index in [0.29, 0.717) is 17.5 Å². The van der Waals surface area contributed by atoms with Gasteiger partial charge in [0, 0.05) is 69.1 Å². The van der Waals surface area contributed by atoms with E-state index < -0.39 is 0 Å². The summed E-state index contributed by atoms with van der Waals surface area (Å²) in [5, 5.41) is 4.15. The molecular weight excluding hydrogens is 725 g/mol. The molecule has 0 atom stereocenters. The maximum atomic E-state index is 6.97. The maximum Gasteiger partial charge on any atom is 0.164 e. The summed E-state index contributed by atoms with van der Waals surface area (Å²) in [4.78, 5) is 29.2. The Morgan fingerprint density at radius 2 is 0.915 bits per heavy atom. The van der Waals surface area contributed by atoms with Gasteiger partial charge in [-0.1, -0.05) is 133 Å². The van der Waals surface area contributed by atoms with E-state index in [1.807, 2.05) is 91.3 Å². The van der Waals surface area contributed by atoms with E-state index in [9.17, 15) is 0 Å². The lowest BCUT2D eigenvalue weighted by Gasteiger charge is -2.11. The van der Waals surface area contributed by atoms with Gasteiger partial charge in [0.2, 0.25) is 0 Å². The molecule has 5 heterocycles. The second kappa shape index (κ2) is 14.4. The third-order valence-corrected chi connectivity index (χ3v) is 10.7. The third-order valence-electron chi connectivity index (χ3n) is 10.7. The van der Waals surface area contributed by atoms with Gasteiger partial charge in [0.25, 0.3) is 0 Å². The lowest BCUT2D eigenvalue weighted by molar-refractivity contribution is 0.635. The van der Waals surface area contributed by atoms with Crippen molar-refractivity contribution in [1.29, 1.82) is 0 Å². The predicted molar refractivity (Wildman–Crippen MR) is 236 cm³/mol. The molecule has 11 rings (SSSR count). The molecule has 0 spiro atoms. The summed E-state index contributed by atoms with van der Waals surface area (Å²) in [7, 11) is 0. The average Bonchev–Trinajstić information content (AvgIpc) is 3.73. The van der Waals surface area contributed by atoms with Crippen LogP contribution in [-0.4, -0.2) is 29.9 Å². The van der Waals surface area contributed by atoms with Gasteiger partial charge in [-0.05, 0) is 58.3 Å². The van der Waals surface area contributed by atoms with Crippen LogP contribution in [0.1, 0.15) is 0 Å². The molecule has 5 aromatic heterocycles. The molecule has 0 aliphatic rings. The van der Waals surface area contributed by atoms with Crippen molar-refractivity contribution < 1.29 is 4.42 Å². The monoisotopic (exact) mass is 756 g/mol. The SMILES string of the molecule is c1ccc(-c2nc(-c3ccccc3)nc(-c3ccc(-c4ccc5c(c4)nc(-c4ccc6ccccc6c4)c4c(-c6cccnc6)c(-c6cccnc6)oc45)cc3)n2)cc1. The summed E-state index contributed by atoms with van der Waals surface area (Å²) in [6, 6.07) is 57.7. The third kappa shape index (κ3) is 6.27. The number of hydrogen-bond acceptors (Lipinski definition) is 7. The lowest BCUT2D eigenvalue weighted by atomic mass is 9.94. The van der Waals surface area contributed by atoms with Crippen molar-refractivity contribution in [3.05, 3.63) is 195 Å². The smallest absolute Gasteiger partial charge is 0.164 e. The van der Waals surface area contributed by atoms with Crippen LogP contribution in [0.5, 0.6) is 0 Å². The molecule has 0 unspecified atom stereocenters. The molecule has 0 saturated heterocycles. The van der Waals surface area contributed by atoms with Gasteiger partial charge in [0.1, 0.15) is 11.3 Å². The summed E-state index contributed by atoms with van der Waals surface area (Å²) < 4.78 is 6.97. The van der Waals surface area contributed by atoms with Gasteiger partial charge in [-0.2, -0.15) is 0 Å². The summed E-state index contributed by atoms with van der Waals surface area (Å²) >= 11 is 0. The van der Waals surface area contributed by atoms with Gasteiger partial charge in [0.05, 0.1) is 16.6 Å². The zero-order valence-corrected chi connectivity index (χ0v) is 31.6. The summed E-state index contributed by atoms with van der Waals surface area (Å²) in [5.41, 5.74) is 11.0. The normalized spacial score (nSPS) is 11.4. The molecule has 59 heavy (non-hydrogen) atoms. The zero-order chi connectivity index (χ0) is 39.1. The first-order valence-corrected chi connectivity index (χ1v) is 19.4. The molecule has 11 aromatic rings. The maximum absolute atomic E-state index is 6.97. The highest BCUT2D eigenvalue weighted by molar-refractivity contribution is 6.17. The van der Waals surface area contributed by atoms with Crippen LogP contribution in [0.25, 0.3) is 112 Å². The van der Waals surface area contributed by atoms with E-state index in [1.165, 1.54) is 5.39 Å². The van der Waals surface area contributed by atoms with Crippen LogP contribution >= 0.6 is 0 Å². The fraction of sp³-hybridized carbons (Fsp3) is 0. The van der Waals surface area contributed by atoms with E-state index >= 15 is 0 Å². The molecule has 0 aliphatic heterocycles. The molecule has 0 fully saturated rings. The first-order chi connectivity index (χ1) is 29.2. The van der Waals surface area contributed by atoms with Gasteiger partial charge in [-0.15, -0.1) is 0 Å². The van der Waals surface area contributed by atoms with Gasteiger partial charge in [-0.25, -0.2) is 19.9 Å². The van der Waals surface area contributed by atoms with Crippen LogP contribution in [0.15, 0.2) is 199 Å².